The van der Waals surface area contributed by atoms with Gasteiger partial charge in [-0.05, 0) is 31.4 Å². The predicted octanol–water partition coefficient (Wildman–Crippen LogP) is 1.93. The molecular weight excluding hydrogens is 280 g/mol. The molecule has 22 heavy (non-hydrogen) atoms. The van der Waals surface area contributed by atoms with E-state index in [0.717, 1.165) is 17.7 Å². The fraction of sp³-hybridized carbons (Fsp3) is 0.312. The molecule has 3 rings (SSSR count). The highest BCUT2D eigenvalue weighted by Gasteiger charge is 2.27. The Morgan fingerprint density at radius 2 is 2.36 bits per heavy atom. The van der Waals surface area contributed by atoms with Gasteiger partial charge in [-0.1, -0.05) is 17.7 Å². The van der Waals surface area contributed by atoms with E-state index < -0.39 is 6.10 Å². The number of nitriles is 1. The molecule has 1 aliphatic rings. The van der Waals surface area contributed by atoms with Crippen LogP contribution in [0, 0.1) is 18.3 Å². The Balaban J connectivity index is 1.74. The first-order chi connectivity index (χ1) is 10.6. The van der Waals surface area contributed by atoms with Crippen LogP contribution in [0.2, 0.25) is 0 Å². The lowest BCUT2D eigenvalue weighted by Crippen LogP contribution is -2.36. The lowest BCUT2D eigenvalue weighted by Gasteiger charge is -2.25. The second-order valence-corrected chi connectivity index (χ2v) is 5.42. The van der Waals surface area contributed by atoms with Crippen LogP contribution in [0.4, 0.5) is 5.82 Å². The second-order valence-electron chi connectivity index (χ2n) is 5.42. The topological polar surface area (TPSA) is 79.9 Å². The van der Waals surface area contributed by atoms with Gasteiger partial charge in [-0.25, -0.2) is 0 Å². The molecule has 112 valence electrons. The Kier molecular flexibility index (Phi) is 3.55. The Morgan fingerprint density at radius 1 is 1.55 bits per heavy atom. The first-order valence-electron chi connectivity index (χ1n) is 7.07. The van der Waals surface area contributed by atoms with Crippen molar-refractivity contribution >= 4 is 11.7 Å². The molecule has 1 aromatic carbocycles. The molecular formula is C16H16N4O2. The molecule has 0 radical (unpaired) electrons. The molecule has 1 amide bonds. The number of fused-ring (bicyclic) bond motifs is 1. The van der Waals surface area contributed by atoms with Gasteiger partial charge < -0.3 is 10.1 Å². The van der Waals surface area contributed by atoms with Crippen molar-refractivity contribution in [2.45, 2.75) is 25.9 Å². The fourth-order valence-electron chi connectivity index (χ4n) is 2.56. The summed E-state index contributed by atoms with van der Waals surface area (Å²) in [5, 5.41) is 15.8. The van der Waals surface area contributed by atoms with Crippen LogP contribution in [0.5, 0.6) is 5.75 Å². The van der Waals surface area contributed by atoms with E-state index in [1.165, 1.54) is 10.2 Å². The zero-order chi connectivity index (χ0) is 15.7. The van der Waals surface area contributed by atoms with Gasteiger partial charge in [0.25, 0.3) is 5.91 Å². The molecule has 0 spiro atoms. The molecule has 0 fully saturated rings. The van der Waals surface area contributed by atoms with Gasteiger partial charge in [0.15, 0.2) is 11.9 Å². The van der Waals surface area contributed by atoms with Crippen LogP contribution in [-0.2, 0) is 18.3 Å². The van der Waals surface area contributed by atoms with E-state index in [4.69, 9.17) is 10.00 Å². The van der Waals surface area contributed by atoms with Crippen molar-refractivity contribution in [3.05, 3.63) is 41.1 Å². The number of aryl methyl sites for hydroxylation is 3. The van der Waals surface area contributed by atoms with Gasteiger partial charge in [0.1, 0.15) is 17.4 Å². The highest BCUT2D eigenvalue weighted by molar-refractivity contribution is 5.94. The molecule has 6 nitrogen and oxygen atoms in total. The van der Waals surface area contributed by atoms with Crippen LogP contribution < -0.4 is 10.1 Å². The van der Waals surface area contributed by atoms with Gasteiger partial charge in [-0.2, -0.15) is 10.4 Å². The number of amides is 1. The smallest absolute Gasteiger partial charge is 0.266 e. The number of hydrogen-bond acceptors (Lipinski definition) is 4. The number of anilines is 1. The first kappa shape index (κ1) is 14.1. The summed E-state index contributed by atoms with van der Waals surface area (Å²) in [6, 6.07) is 7.95. The van der Waals surface area contributed by atoms with Crippen molar-refractivity contribution in [2.75, 3.05) is 5.32 Å². The first-order valence-corrected chi connectivity index (χ1v) is 7.07. The van der Waals surface area contributed by atoms with E-state index >= 15 is 0 Å². The predicted molar refractivity (Wildman–Crippen MR) is 80.5 cm³/mol. The third kappa shape index (κ3) is 2.66. The van der Waals surface area contributed by atoms with Crippen LogP contribution in [0.15, 0.2) is 24.4 Å². The van der Waals surface area contributed by atoms with Gasteiger partial charge in [-0.3, -0.25) is 9.48 Å². The van der Waals surface area contributed by atoms with E-state index in [2.05, 4.69) is 16.5 Å². The summed E-state index contributed by atoms with van der Waals surface area (Å²) in [7, 11) is 1.70. The molecule has 0 saturated heterocycles. The molecule has 2 heterocycles. The Hall–Kier alpha value is -2.81. The number of aromatic nitrogens is 2. The van der Waals surface area contributed by atoms with E-state index in [-0.39, 0.29) is 11.7 Å². The normalized spacial score (nSPS) is 16.3. The molecule has 1 N–H and O–H groups in total. The van der Waals surface area contributed by atoms with Gasteiger partial charge in [0.2, 0.25) is 0 Å². The summed E-state index contributed by atoms with van der Waals surface area (Å²) >= 11 is 0. The number of rotatable bonds is 2. The number of nitrogens with zero attached hydrogens (tertiary/aromatic N) is 3. The van der Waals surface area contributed by atoms with E-state index in [0.29, 0.717) is 12.0 Å². The number of hydrogen-bond donors (Lipinski definition) is 1. The summed E-state index contributed by atoms with van der Waals surface area (Å²) in [6.45, 7) is 2.03. The standard InChI is InChI=1S/C16H16N4O2/c1-10-3-5-13-11(7-10)4-6-14(22-13)16(21)18-15-12(8-17)9-20(2)19-15/h3,5,7,9,14H,4,6H2,1-2H3,(H,18,19,21). The maximum Gasteiger partial charge on any atom is 0.266 e. The van der Waals surface area contributed by atoms with Crippen molar-refractivity contribution in [2.24, 2.45) is 7.05 Å². The molecule has 0 aliphatic carbocycles. The van der Waals surface area contributed by atoms with E-state index in [1.807, 2.05) is 25.1 Å². The molecule has 0 saturated carbocycles. The van der Waals surface area contributed by atoms with Crippen LogP contribution in [-0.4, -0.2) is 21.8 Å². The molecule has 1 aromatic heterocycles. The van der Waals surface area contributed by atoms with Crippen molar-refractivity contribution < 1.29 is 9.53 Å². The van der Waals surface area contributed by atoms with Crippen LogP contribution in [0.3, 0.4) is 0 Å². The van der Waals surface area contributed by atoms with Crippen molar-refractivity contribution in [3.63, 3.8) is 0 Å². The molecule has 2 aromatic rings. The van der Waals surface area contributed by atoms with Gasteiger partial charge in [0.05, 0.1) is 0 Å². The summed E-state index contributed by atoms with van der Waals surface area (Å²) in [5.41, 5.74) is 2.64. The highest BCUT2D eigenvalue weighted by Crippen LogP contribution is 2.28. The molecule has 1 aliphatic heterocycles. The summed E-state index contributed by atoms with van der Waals surface area (Å²) in [6.07, 6.45) is 2.40. The summed E-state index contributed by atoms with van der Waals surface area (Å²) in [5.74, 6) is 0.744. The van der Waals surface area contributed by atoms with Crippen molar-refractivity contribution in [1.29, 1.82) is 5.26 Å². The van der Waals surface area contributed by atoms with Crippen LogP contribution in [0.1, 0.15) is 23.1 Å². The molecule has 1 unspecified atom stereocenters. The summed E-state index contributed by atoms with van der Waals surface area (Å²) in [4.78, 5) is 12.3. The average Bonchev–Trinajstić information content (AvgIpc) is 2.86. The van der Waals surface area contributed by atoms with Crippen molar-refractivity contribution in [3.8, 4) is 11.8 Å². The Labute approximate surface area is 128 Å². The lowest BCUT2D eigenvalue weighted by molar-refractivity contribution is -0.123. The lowest BCUT2D eigenvalue weighted by atomic mass is 10.00. The van der Waals surface area contributed by atoms with Crippen molar-refractivity contribution in [1.82, 2.24) is 9.78 Å². The summed E-state index contributed by atoms with van der Waals surface area (Å²) < 4.78 is 7.27. The van der Waals surface area contributed by atoms with Gasteiger partial charge in [-0.15, -0.1) is 0 Å². The Morgan fingerprint density at radius 3 is 3.14 bits per heavy atom. The molecule has 1 atom stereocenters. The van der Waals surface area contributed by atoms with Crippen LogP contribution >= 0.6 is 0 Å². The maximum absolute atomic E-state index is 12.3. The molecule has 0 bridgehead atoms. The number of carbonyl (C=O) groups is 1. The maximum atomic E-state index is 12.3. The van der Waals surface area contributed by atoms with Gasteiger partial charge in [0, 0.05) is 13.2 Å². The third-order valence-corrected chi connectivity index (χ3v) is 3.64. The molecule has 6 heteroatoms. The minimum absolute atomic E-state index is 0.272. The number of carbonyl (C=O) groups excluding carboxylic acids is 1. The Bertz CT molecular complexity index is 773. The minimum Gasteiger partial charge on any atom is -0.480 e. The SMILES string of the molecule is Cc1ccc2c(c1)CCC(C(=O)Nc1nn(C)cc1C#N)O2. The average molecular weight is 296 g/mol. The number of benzene rings is 1. The fourth-order valence-corrected chi connectivity index (χ4v) is 2.56. The number of nitrogens with one attached hydrogen (secondary N) is 1. The zero-order valence-electron chi connectivity index (χ0n) is 12.5. The quantitative estimate of drug-likeness (QED) is 0.918. The monoisotopic (exact) mass is 296 g/mol. The highest BCUT2D eigenvalue weighted by atomic mass is 16.5. The second kappa shape index (κ2) is 5.53. The number of ether oxygens (including phenoxy) is 1. The zero-order valence-corrected chi connectivity index (χ0v) is 12.5. The third-order valence-electron chi connectivity index (χ3n) is 3.64. The van der Waals surface area contributed by atoms with E-state index in [1.54, 1.807) is 13.2 Å². The minimum atomic E-state index is -0.566. The van der Waals surface area contributed by atoms with Gasteiger partial charge >= 0.3 is 0 Å². The van der Waals surface area contributed by atoms with Crippen LogP contribution in [0.25, 0.3) is 0 Å². The van der Waals surface area contributed by atoms with E-state index in [9.17, 15) is 4.79 Å². The largest absolute Gasteiger partial charge is 0.480 e.